The standard InChI is InChI=1S/C9H9N3O4.3H2O/c1-9(2)10(13)7-4-3-6(12(15)16)5-8(7)11(9)14;;;/h3-5H,1-2H3;3*1H2. The van der Waals surface area contributed by atoms with Crippen LogP contribution in [0.25, 0.3) is 0 Å². The van der Waals surface area contributed by atoms with E-state index in [2.05, 4.69) is 0 Å². The zero-order chi connectivity index (χ0) is 12.1. The van der Waals surface area contributed by atoms with Gasteiger partial charge in [0.15, 0.2) is 0 Å². The highest BCUT2D eigenvalue weighted by atomic mass is 16.6. The van der Waals surface area contributed by atoms with E-state index >= 15 is 0 Å². The lowest BCUT2D eigenvalue weighted by atomic mass is 10.2. The Kier molecular flexibility index (Phi) is 5.73. The van der Waals surface area contributed by atoms with E-state index in [4.69, 9.17) is 0 Å². The van der Waals surface area contributed by atoms with Crippen molar-refractivity contribution in [2.24, 2.45) is 0 Å². The molecule has 0 spiro atoms. The third kappa shape index (κ3) is 2.51. The Morgan fingerprint density at radius 3 is 2.26 bits per heavy atom. The maximum absolute atomic E-state index is 11.8. The number of benzene rings is 1. The summed E-state index contributed by atoms with van der Waals surface area (Å²) in [5.41, 5.74) is -1.28. The number of non-ortho nitro benzene ring substituents is 1. The molecule has 2 rings (SSSR count). The highest BCUT2D eigenvalue weighted by Gasteiger charge is 2.48. The summed E-state index contributed by atoms with van der Waals surface area (Å²) in [4.78, 5) is 21.7. The Bertz CT molecular complexity index is 503. The number of nitrogens with zero attached hydrogens (tertiary/aromatic N) is 3. The van der Waals surface area contributed by atoms with Crippen molar-refractivity contribution in [2.45, 2.75) is 19.5 Å². The second-order valence-corrected chi connectivity index (χ2v) is 4.01. The van der Waals surface area contributed by atoms with E-state index in [1.165, 1.54) is 26.0 Å². The molecule has 108 valence electrons. The van der Waals surface area contributed by atoms with Crippen molar-refractivity contribution in [2.75, 3.05) is 5.06 Å². The van der Waals surface area contributed by atoms with Crippen molar-refractivity contribution in [3.63, 3.8) is 0 Å². The van der Waals surface area contributed by atoms with Crippen LogP contribution in [0.2, 0.25) is 0 Å². The van der Waals surface area contributed by atoms with Crippen molar-refractivity contribution < 1.29 is 26.1 Å². The van der Waals surface area contributed by atoms with Crippen LogP contribution in [0.1, 0.15) is 13.8 Å². The van der Waals surface area contributed by atoms with Gasteiger partial charge in [0.2, 0.25) is 0 Å². The molecule has 0 amide bonds. The van der Waals surface area contributed by atoms with E-state index < -0.39 is 10.6 Å². The van der Waals surface area contributed by atoms with Gasteiger partial charge in [0.25, 0.3) is 17.0 Å². The fourth-order valence-corrected chi connectivity index (χ4v) is 1.63. The lowest BCUT2D eigenvalue weighted by Gasteiger charge is -2.30. The molecule has 1 heterocycles. The molecule has 1 aliphatic rings. The van der Waals surface area contributed by atoms with Crippen molar-refractivity contribution in [1.29, 1.82) is 0 Å². The SMILES string of the molecule is CC1(C)N([O-])c2cc([N+](=O)[O-])ccc2[N+]1=O.O.O.O. The molecule has 0 unspecified atom stereocenters. The minimum Gasteiger partial charge on any atom is -0.753 e. The van der Waals surface area contributed by atoms with Gasteiger partial charge in [0.05, 0.1) is 9.68 Å². The van der Waals surface area contributed by atoms with Crippen molar-refractivity contribution >= 4 is 17.1 Å². The van der Waals surface area contributed by atoms with Gasteiger partial charge < -0.3 is 26.7 Å². The topological polar surface area (TPSA) is 184 Å². The average Bonchev–Trinajstić information content (AvgIpc) is 2.40. The molecule has 0 aliphatic carbocycles. The van der Waals surface area contributed by atoms with Crippen LogP contribution >= 0.6 is 0 Å². The Balaban J connectivity index is 0. The Hall–Kier alpha value is -2.14. The minimum absolute atomic E-state index is 0. The van der Waals surface area contributed by atoms with Crippen molar-refractivity contribution in [1.82, 2.24) is 0 Å². The number of nitro groups is 1. The van der Waals surface area contributed by atoms with Crippen LogP contribution in [0.4, 0.5) is 17.1 Å². The Morgan fingerprint density at radius 1 is 1.26 bits per heavy atom. The van der Waals surface area contributed by atoms with Crippen LogP contribution in [-0.4, -0.2) is 31.8 Å². The summed E-state index contributed by atoms with van der Waals surface area (Å²) in [5, 5.41) is 22.8. The predicted octanol–water partition coefficient (Wildman–Crippen LogP) is -0.415. The zero-order valence-electron chi connectivity index (χ0n) is 10.2. The van der Waals surface area contributed by atoms with Gasteiger partial charge in [-0.15, -0.1) is 0 Å². The third-order valence-corrected chi connectivity index (χ3v) is 2.60. The fourth-order valence-electron chi connectivity index (χ4n) is 1.63. The van der Waals surface area contributed by atoms with E-state index in [1.807, 2.05) is 0 Å². The molecule has 1 aliphatic heterocycles. The summed E-state index contributed by atoms with van der Waals surface area (Å²) in [7, 11) is 0. The van der Waals surface area contributed by atoms with Gasteiger partial charge in [0.1, 0.15) is 5.69 Å². The molecule has 1 aromatic carbocycles. The molecule has 1 aromatic rings. The first-order chi connectivity index (χ1) is 7.35. The summed E-state index contributed by atoms with van der Waals surface area (Å²) in [5.74, 6) is 0. The van der Waals surface area contributed by atoms with E-state index in [0.29, 0.717) is 9.82 Å². The number of fused-ring (bicyclic) bond motifs is 1. The molecule has 0 bridgehead atoms. The lowest BCUT2D eigenvalue weighted by Crippen LogP contribution is -2.41. The van der Waals surface area contributed by atoms with E-state index in [1.54, 1.807) is 0 Å². The summed E-state index contributed by atoms with van der Waals surface area (Å²) in [6, 6.07) is 3.61. The van der Waals surface area contributed by atoms with Gasteiger partial charge in [-0.05, 0) is 0 Å². The number of hydrogen-bond acceptors (Lipinski definition) is 5. The second-order valence-electron chi connectivity index (χ2n) is 4.01. The maximum atomic E-state index is 11.8. The largest absolute Gasteiger partial charge is 0.753 e. The van der Waals surface area contributed by atoms with Gasteiger partial charge in [0, 0.05) is 37.0 Å². The van der Waals surface area contributed by atoms with Gasteiger partial charge in [-0.2, -0.15) is 0 Å². The van der Waals surface area contributed by atoms with Crippen LogP contribution in [0, 0.1) is 20.2 Å². The molecule has 0 aromatic heterocycles. The van der Waals surface area contributed by atoms with Crippen LogP contribution in [0.5, 0.6) is 0 Å². The Morgan fingerprint density at radius 2 is 1.79 bits per heavy atom. The molecule has 19 heavy (non-hydrogen) atoms. The second kappa shape index (κ2) is 5.67. The molecule has 0 saturated carbocycles. The molecular formula is C9H15N3O7. The van der Waals surface area contributed by atoms with E-state index in [0.717, 1.165) is 6.07 Å². The molecule has 10 heteroatoms. The van der Waals surface area contributed by atoms with Crippen LogP contribution in [-0.2, 0) is 0 Å². The predicted molar refractivity (Wildman–Crippen MR) is 67.2 cm³/mol. The van der Waals surface area contributed by atoms with E-state index in [-0.39, 0.29) is 33.5 Å². The number of rotatable bonds is 1. The van der Waals surface area contributed by atoms with Crippen LogP contribution < -0.4 is 5.06 Å². The average molecular weight is 277 g/mol. The summed E-state index contributed by atoms with van der Waals surface area (Å²) in [6.45, 7) is 2.91. The van der Waals surface area contributed by atoms with Gasteiger partial charge in [-0.1, -0.05) is 0 Å². The molecule has 6 N–H and O–H groups in total. The monoisotopic (exact) mass is 277 g/mol. The molecule has 0 fully saturated rings. The van der Waals surface area contributed by atoms with Crippen molar-refractivity contribution in [3.05, 3.63) is 38.4 Å². The smallest absolute Gasteiger partial charge is 0.281 e. The highest BCUT2D eigenvalue weighted by Crippen LogP contribution is 2.44. The lowest BCUT2D eigenvalue weighted by molar-refractivity contribution is -0.532. The van der Waals surface area contributed by atoms with Gasteiger partial charge in [-0.3, -0.25) is 10.1 Å². The number of hydroxylamine groups is 1. The van der Waals surface area contributed by atoms with Crippen LogP contribution in [0.3, 0.4) is 0 Å². The molecular weight excluding hydrogens is 262 g/mol. The number of anilines is 1. The third-order valence-electron chi connectivity index (χ3n) is 2.60. The molecule has 0 saturated heterocycles. The van der Waals surface area contributed by atoms with Crippen molar-refractivity contribution in [3.8, 4) is 0 Å². The van der Waals surface area contributed by atoms with E-state index in [9.17, 15) is 20.2 Å². The van der Waals surface area contributed by atoms with Gasteiger partial charge in [-0.25, -0.2) is 0 Å². The zero-order valence-corrected chi connectivity index (χ0v) is 10.2. The highest BCUT2D eigenvalue weighted by molar-refractivity contribution is 5.71. The fraction of sp³-hybridized carbons (Fsp3) is 0.333. The number of hydrogen-bond donors (Lipinski definition) is 0. The van der Waals surface area contributed by atoms with Gasteiger partial charge >= 0.3 is 0 Å². The molecule has 10 nitrogen and oxygen atoms in total. The first kappa shape index (κ1) is 19.2. The molecule has 0 radical (unpaired) electrons. The first-order valence-corrected chi connectivity index (χ1v) is 4.59. The summed E-state index contributed by atoms with van der Waals surface area (Å²) in [6.07, 6.45) is 0. The molecule has 0 atom stereocenters. The summed E-state index contributed by atoms with van der Waals surface area (Å²) >= 11 is 0. The van der Waals surface area contributed by atoms with Crippen LogP contribution in [0.15, 0.2) is 18.2 Å². The number of nitro benzene ring substituents is 1. The normalized spacial score (nSPS) is 14.7. The quantitative estimate of drug-likeness (QED) is 0.382. The Labute approximate surface area is 107 Å². The number of nitroso groups, excluding NO2 is 1. The first-order valence-electron chi connectivity index (χ1n) is 4.59. The summed E-state index contributed by atoms with van der Waals surface area (Å²) < 4.78 is 0.555. The minimum atomic E-state index is -1.27. The maximum Gasteiger partial charge on any atom is 0.281 e.